The number of piperidine rings is 1. The number of H-pyrrole nitrogens is 1. The van der Waals surface area contributed by atoms with Crippen LogP contribution in [0, 0.1) is 17.7 Å². The van der Waals surface area contributed by atoms with Crippen molar-refractivity contribution in [2.75, 3.05) is 24.5 Å². The molecule has 1 amide bonds. The van der Waals surface area contributed by atoms with E-state index in [-0.39, 0.29) is 48.2 Å². The highest BCUT2D eigenvalue weighted by atomic mass is 35.5. The quantitative estimate of drug-likeness (QED) is 0.508. The molecule has 0 radical (unpaired) electrons. The maximum atomic E-state index is 14.5. The first-order valence-electron chi connectivity index (χ1n) is 11.0. The summed E-state index contributed by atoms with van der Waals surface area (Å²) in [5.41, 5.74) is 1.18. The molecule has 1 aromatic carbocycles. The summed E-state index contributed by atoms with van der Waals surface area (Å²) in [5.74, 6) is -1.75. The van der Waals surface area contributed by atoms with Gasteiger partial charge in [-0.3, -0.25) is 4.79 Å². The summed E-state index contributed by atoms with van der Waals surface area (Å²) in [6, 6.07) is 5.17. The lowest BCUT2D eigenvalue weighted by Gasteiger charge is -2.40. The molecular formula is C22H22ClF4N6O+. The highest BCUT2D eigenvalue weighted by Crippen LogP contribution is 2.35. The van der Waals surface area contributed by atoms with Crippen molar-refractivity contribution in [2.24, 2.45) is 11.8 Å². The number of alkyl halides is 3. The molecule has 34 heavy (non-hydrogen) atoms. The fourth-order valence-electron chi connectivity index (χ4n) is 5.00. The van der Waals surface area contributed by atoms with Crippen molar-refractivity contribution in [2.45, 2.75) is 32.6 Å². The second kappa shape index (κ2) is 8.37. The van der Waals surface area contributed by atoms with Gasteiger partial charge in [0.1, 0.15) is 0 Å². The first kappa shape index (κ1) is 22.8. The fraction of sp³-hybridized carbons (Fsp3) is 0.455. The molecule has 2 aliphatic heterocycles. The number of carbonyl (C=O) groups excluding carboxylic acids is 1. The standard InChI is InChI=1S/C22H21ClF4N6O/c1-12-10-31(16-4-6-28-19-14(16)2-3-15(23)18(19)24)7-5-13(12)20(34)32-8-9-33-17(11-32)29-30-21(33)22(25,26)27/h2-4,6,12-13H,5,7-11H2,1H3/p+1/t12-,13+/m1/s1. The molecule has 0 bridgehead atoms. The lowest BCUT2D eigenvalue weighted by atomic mass is 9.85. The third kappa shape index (κ3) is 3.85. The van der Waals surface area contributed by atoms with E-state index in [1.54, 1.807) is 17.2 Å². The van der Waals surface area contributed by atoms with Gasteiger partial charge < -0.3 is 14.4 Å². The molecule has 2 aromatic heterocycles. The lowest BCUT2D eigenvalue weighted by Crippen LogP contribution is -2.49. The van der Waals surface area contributed by atoms with Gasteiger partial charge in [0.15, 0.2) is 12.0 Å². The first-order valence-corrected chi connectivity index (χ1v) is 11.3. The van der Waals surface area contributed by atoms with Gasteiger partial charge in [-0.05, 0) is 24.5 Å². The van der Waals surface area contributed by atoms with E-state index >= 15 is 0 Å². The van der Waals surface area contributed by atoms with Gasteiger partial charge in [-0.2, -0.15) is 17.6 Å². The van der Waals surface area contributed by atoms with Gasteiger partial charge in [-0.1, -0.05) is 18.5 Å². The van der Waals surface area contributed by atoms with E-state index in [0.717, 1.165) is 10.3 Å². The molecule has 5 rings (SSSR count). The molecule has 12 heteroatoms. The maximum absolute atomic E-state index is 14.5. The number of fused-ring (bicyclic) bond motifs is 2. The average Bonchev–Trinajstić information content (AvgIpc) is 3.24. The number of hydrogen-bond acceptors (Lipinski definition) is 4. The lowest BCUT2D eigenvalue weighted by molar-refractivity contribution is -0.346. The molecule has 7 nitrogen and oxygen atoms in total. The van der Waals surface area contributed by atoms with Gasteiger partial charge in [-0.25, -0.2) is 4.98 Å². The Labute approximate surface area is 197 Å². The Kier molecular flexibility index (Phi) is 5.62. The minimum absolute atomic E-state index is 0.00798. The van der Waals surface area contributed by atoms with E-state index in [1.807, 2.05) is 13.0 Å². The number of nitrogens with one attached hydrogen (secondary N) is 1. The van der Waals surface area contributed by atoms with Crippen LogP contribution >= 0.6 is 11.6 Å². The van der Waals surface area contributed by atoms with Crippen LogP contribution in [0.4, 0.5) is 23.2 Å². The van der Waals surface area contributed by atoms with Crippen molar-refractivity contribution >= 4 is 34.1 Å². The van der Waals surface area contributed by atoms with Crippen LogP contribution in [0.1, 0.15) is 25.0 Å². The van der Waals surface area contributed by atoms with Crippen LogP contribution in [0.2, 0.25) is 5.02 Å². The monoisotopic (exact) mass is 497 g/mol. The highest BCUT2D eigenvalue weighted by Gasteiger charge is 2.41. The number of halogens is 5. The Hall–Kier alpha value is -2.95. The van der Waals surface area contributed by atoms with Crippen molar-refractivity contribution in [1.29, 1.82) is 0 Å². The van der Waals surface area contributed by atoms with E-state index < -0.39 is 17.8 Å². The van der Waals surface area contributed by atoms with Crippen molar-refractivity contribution in [1.82, 2.24) is 19.7 Å². The number of aromatic nitrogens is 4. The second-order valence-corrected chi connectivity index (χ2v) is 9.22. The molecule has 0 unspecified atom stereocenters. The second-order valence-electron chi connectivity index (χ2n) is 8.81. The maximum Gasteiger partial charge on any atom is 0.451 e. The van der Waals surface area contributed by atoms with E-state index in [2.05, 4.69) is 20.1 Å². The minimum Gasteiger partial charge on any atom is -0.370 e. The summed E-state index contributed by atoms with van der Waals surface area (Å²) in [6.45, 7) is 3.36. The molecular weight excluding hydrogens is 476 g/mol. The Morgan fingerprint density at radius 2 is 1.97 bits per heavy atom. The third-order valence-corrected chi connectivity index (χ3v) is 7.01. The number of pyridine rings is 1. The number of carbonyl (C=O) groups is 1. The number of hydrogen-bond donors (Lipinski definition) is 0. The van der Waals surface area contributed by atoms with Crippen molar-refractivity contribution in [3.8, 4) is 0 Å². The molecule has 0 saturated carbocycles. The predicted molar refractivity (Wildman–Crippen MR) is 115 cm³/mol. The third-order valence-electron chi connectivity index (χ3n) is 6.72. The zero-order valence-corrected chi connectivity index (χ0v) is 19.0. The summed E-state index contributed by atoms with van der Waals surface area (Å²) >= 11 is 5.92. The van der Waals surface area contributed by atoms with Gasteiger partial charge >= 0.3 is 6.18 Å². The molecule has 180 valence electrons. The van der Waals surface area contributed by atoms with Crippen LogP contribution in [0.15, 0.2) is 24.4 Å². The van der Waals surface area contributed by atoms with Crippen LogP contribution in [-0.2, 0) is 24.1 Å². The molecule has 4 heterocycles. The number of amides is 1. The predicted octanol–water partition coefficient (Wildman–Crippen LogP) is 3.56. The van der Waals surface area contributed by atoms with Gasteiger partial charge in [0, 0.05) is 38.2 Å². The smallest absolute Gasteiger partial charge is 0.370 e. The average molecular weight is 498 g/mol. The number of anilines is 1. The van der Waals surface area contributed by atoms with E-state index in [0.29, 0.717) is 30.4 Å². The largest absolute Gasteiger partial charge is 0.451 e. The van der Waals surface area contributed by atoms with Crippen LogP contribution < -0.4 is 9.88 Å². The zero-order chi connectivity index (χ0) is 24.2. The number of benzene rings is 1. The van der Waals surface area contributed by atoms with E-state index in [9.17, 15) is 22.4 Å². The van der Waals surface area contributed by atoms with Crippen LogP contribution in [0.3, 0.4) is 0 Å². The zero-order valence-electron chi connectivity index (χ0n) is 18.2. The molecule has 0 aliphatic carbocycles. The van der Waals surface area contributed by atoms with Crippen LogP contribution in [0.5, 0.6) is 0 Å². The first-order chi connectivity index (χ1) is 16.1. The Morgan fingerprint density at radius 3 is 2.71 bits per heavy atom. The Morgan fingerprint density at radius 1 is 1.18 bits per heavy atom. The summed E-state index contributed by atoms with van der Waals surface area (Å²) < 4.78 is 54.8. The molecule has 3 aromatic rings. The number of rotatable bonds is 2. The van der Waals surface area contributed by atoms with Gasteiger partial charge in [0.2, 0.25) is 17.5 Å². The highest BCUT2D eigenvalue weighted by molar-refractivity contribution is 6.31. The van der Waals surface area contributed by atoms with Gasteiger partial charge in [0.25, 0.3) is 5.52 Å². The SMILES string of the molecule is C[C@@H]1CN(c2cc[nH+]c3c(F)c(Cl)ccc23)CC[C@@H]1C(=O)N1CCn2c(nnc2C(F)(F)F)C1. The number of aromatic amines is 1. The Balaban J connectivity index is 1.31. The molecule has 2 atom stereocenters. The summed E-state index contributed by atoms with van der Waals surface area (Å²) in [7, 11) is 0. The fourth-order valence-corrected chi connectivity index (χ4v) is 5.15. The van der Waals surface area contributed by atoms with E-state index in [4.69, 9.17) is 11.6 Å². The van der Waals surface area contributed by atoms with Gasteiger partial charge in [-0.15, -0.1) is 10.2 Å². The normalized spacial score (nSPS) is 21.1. The summed E-state index contributed by atoms with van der Waals surface area (Å²) in [5, 5.41) is 7.68. The van der Waals surface area contributed by atoms with Crippen molar-refractivity contribution in [3.05, 3.63) is 46.9 Å². The Bertz CT molecular complexity index is 1260. The summed E-state index contributed by atoms with van der Waals surface area (Å²) in [4.78, 5) is 19.9. The number of nitrogens with zero attached hydrogens (tertiary/aromatic N) is 5. The van der Waals surface area contributed by atoms with E-state index in [1.165, 1.54) is 6.07 Å². The summed E-state index contributed by atoms with van der Waals surface area (Å²) in [6.07, 6.45) is -2.34. The van der Waals surface area contributed by atoms with Crippen LogP contribution in [-0.4, -0.2) is 45.2 Å². The van der Waals surface area contributed by atoms with Crippen molar-refractivity contribution < 1.29 is 27.3 Å². The molecule has 1 saturated heterocycles. The van der Waals surface area contributed by atoms with Gasteiger partial charge in [0.05, 0.1) is 22.6 Å². The van der Waals surface area contributed by atoms with Crippen LogP contribution in [0.25, 0.3) is 10.9 Å². The van der Waals surface area contributed by atoms with Crippen molar-refractivity contribution in [3.63, 3.8) is 0 Å². The molecule has 1 fully saturated rings. The molecule has 2 aliphatic rings. The topological polar surface area (TPSA) is 68.4 Å². The minimum atomic E-state index is -4.58. The molecule has 1 N–H and O–H groups in total. The molecule has 0 spiro atoms.